The van der Waals surface area contributed by atoms with Gasteiger partial charge in [0.2, 0.25) is 0 Å². The van der Waals surface area contributed by atoms with Crippen molar-refractivity contribution in [2.24, 2.45) is 5.92 Å². The molecule has 0 aliphatic carbocycles. The number of benzene rings is 1. The Morgan fingerprint density at radius 2 is 1.82 bits per heavy atom. The molecule has 0 radical (unpaired) electrons. The van der Waals surface area contributed by atoms with Gasteiger partial charge in [-0.15, -0.1) is 0 Å². The lowest BCUT2D eigenvalue weighted by atomic mass is 9.96. The lowest BCUT2D eigenvalue weighted by molar-refractivity contribution is 0.164. The Morgan fingerprint density at radius 3 is 2.41 bits per heavy atom. The molecule has 2 heterocycles. The minimum atomic E-state index is 0.750. The van der Waals surface area contributed by atoms with E-state index in [1.165, 1.54) is 37.2 Å². The maximum Gasteiger partial charge on any atom is 0.0596 e. The van der Waals surface area contributed by atoms with Gasteiger partial charge < -0.3 is 0 Å². The fourth-order valence-corrected chi connectivity index (χ4v) is 3.41. The van der Waals surface area contributed by atoms with Crippen molar-refractivity contribution in [1.29, 1.82) is 0 Å². The molecule has 2 aromatic rings. The van der Waals surface area contributed by atoms with Gasteiger partial charge in [0.15, 0.2) is 0 Å². The number of hydrogen-bond donors (Lipinski definition) is 0. The zero-order valence-corrected chi connectivity index (χ0v) is 14.2. The second-order valence-electron chi connectivity index (χ2n) is 6.46. The number of rotatable bonds is 4. The van der Waals surface area contributed by atoms with E-state index < -0.39 is 0 Å². The molecule has 0 unspecified atom stereocenters. The molecule has 0 spiro atoms. The fourth-order valence-electron chi connectivity index (χ4n) is 3.28. The third kappa shape index (κ3) is 3.90. The van der Waals surface area contributed by atoms with E-state index in [1.54, 1.807) is 0 Å². The average Bonchev–Trinajstić information content (AvgIpc) is 2.81. The van der Waals surface area contributed by atoms with E-state index in [0.717, 1.165) is 29.7 Å². The van der Waals surface area contributed by atoms with E-state index in [9.17, 15) is 0 Å². The quantitative estimate of drug-likeness (QED) is 0.847. The van der Waals surface area contributed by atoms with Crippen LogP contribution in [0.4, 0.5) is 0 Å². The topological polar surface area (TPSA) is 21.1 Å². The Morgan fingerprint density at radius 1 is 1.14 bits per heavy atom. The van der Waals surface area contributed by atoms with Gasteiger partial charge in [-0.1, -0.05) is 23.7 Å². The van der Waals surface area contributed by atoms with E-state index in [4.69, 9.17) is 11.6 Å². The first-order chi connectivity index (χ1) is 10.6. The largest absolute Gasteiger partial charge is 0.299 e. The maximum atomic E-state index is 5.94. The van der Waals surface area contributed by atoms with Crippen LogP contribution >= 0.6 is 11.6 Å². The summed E-state index contributed by atoms with van der Waals surface area (Å²) in [5.74, 6) is 0.750. The average molecular weight is 318 g/mol. The van der Waals surface area contributed by atoms with Gasteiger partial charge >= 0.3 is 0 Å². The number of likely N-dealkylation sites (tertiary alicyclic amines) is 1. The summed E-state index contributed by atoms with van der Waals surface area (Å²) in [4.78, 5) is 2.54. The molecule has 1 aromatic heterocycles. The van der Waals surface area contributed by atoms with Crippen molar-refractivity contribution in [3.05, 3.63) is 52.3 Å². The summed E-state index contributed by atoms with van der Waals surface area (Å²) in [7, 11) is 0. The second kappa shape index (κ2) is 6.84. The monoisotopic (exact) mass is 317 g/mol. The zero-order valence-electron chi connectivity index (χ0n) is 13.4. The summed E-state index contributed by atoms with van der Waals surface area (Å²) in [6.45, 7) is 8.66. The Hall–Kier alpha value is -1.32. The van der Waals surface area contributed by atoms with Crippen molar-refractivity contribution < 1.29 is 0 Å². The summed E-state index contributed by atoms with van der Waals surface area (Å²) in [5, 5.41) is 5.40. The van der Waals surface area contributed by atoms with Crippen LogP contribution in [0.5, 0.6) is 0 Å². The molecule has 3 rings (SSSR count). The highest BCUT2D eigenvalue weighted by Gasteiger charge is 2.20. The first-order valence-electron chi connectivity index (χ1n) is 8.08. The second-order valence-corrected chi connectivity index (χ2v) is 6.89. The van der Waals surface area contributed by atoms with E-state index in [2.05, 4.69) is 46.7 Å². The molecule has 1 saturated heterocycles. The molecule has 0 bridgehead atoms. The van der Waals surface area contributed by atoms with E-state index in [1.807, 2.05) is 12.1 Å². The minimum Gasteiger partial charge on any atom is -0.299 e. The molecule has 0 amide bonds. The summed E-state index contributed by atoms with van der Waals surface area (Å²) in [6.07, 6.45) is 2.51. The van der Waals surface area contributed by atoms with Gasteiger partial charge in [-0.25, -0.2) is 0 Å². The molecule has 1 fully saturated rings. The molecule has 22 heavy (non-hydrogen) atoms. The molecule has 3 nitrogen and oxygen atoms in total. The van der Waals surface area contributed by atoms with Crippen molar-refractivity contribution in [2.45, 2.75) is 39.8 Å². The van der Waals surface area contributed by atoms with Crippen LogP contribution in [0.25, 0.3) is 0 Å². The van der Waals surface area contributed by atoms with Crippen molar-refractivity contribution in [3.8, 4) is 0 Å². The molecule has 0 saturated carbocycles. The molecular weight excluding hydrogens is 294 g/mol. The molecule has 0 atom stereocenters. The summed E-state index contributed by atoms with van der Waals surface area (Å²) in [5.41, 5.74) is 3.75. The molecule has 0 N–H and O–H groups in total. The van der Waals surface area contributed by atoms with Crippen molar-refractivity contribution in [2.75, 3.05) is 13.1 Å². The number of aryl methyl sites for hydroxylation is 2. The summed E-state index contributed by atoms with van der Waals surface area (Å²) in [6, 6.07) is 10.4. The van der Waals surface area contributed by atoms with Gasteiger partial charge in [-0.05, 0) is 69.5 Å². The Kier molecular flexibility index (Phi) is 4.84. The number of piperidine rings is 1. The number of hydrogen-bond acceptors (Lipinski definition) is 2. The van der Waals surface area contributed by atoms with E-state index in [0.29, 0.717) is 0 Å². The first-order valence-corrected chi connectivity index (χ1v) is 8.46. The lowest BCUT2D eigenvalue weighted by Crippen LogP contribution is -2.34. The third-order valence-electron chi connectivity index (χ3n) is 4.56. The van der Waals surface area contributed by atoms with E-state index >= 15 is 0 Å². The van der Waals surface area contributed by atoms with Gasteiger partial charge in [-0.2, -0.15) is 5.10 Å². The zero-order chi connectivity index (χ0) is 15.5. The van der Waals surface area contributed by atoms with Crippen LogP contribution < -0.4 is 0 Å². The standard InChI is InChI=1S/C18H24ClN3/c1-14-11-15(2)22(20-14)13-17-7-9-21(10-8-17)12-16-3-5-18(19)6-4-16/h3-6,11,17H,7-10,12-13H2,1-2H3. The molecule has 4 heteroatoms. The molecule has 1 aliphatic rings. The van der Waals surface area contributed by atoms with Gasteiger partial charge in [-0.3, -0.25) is 9.58 Å². The summed E-state index contributed by atoms with van der Waals surface area (Å²) < 4.78 is 2.18. The highest BCUT2D eigenvalue weighted by atomic mass is 35.5. The fraction of sp³-hybridized carbons (Fsp3) is 0.500. The Bertz CT molecular complexity index is 610. The highest BCUT2D eigenvalue weighted by Crippen LogP contribution is 2.21. The highest BCUT2D eigenvalue weighted by molar-refractivity contribution is 6.30. The van der Waals surface area contributed by atoms with Crippen LogP contribution in [-0.4, -0.2) is 27.8 Å². The summed E-state index contributed by atoms with van der Waals surface area (Å²) >= 11 is 5.94. The lowest BCUT2D eigenvalue weighted by Gasteiger charge is -2.32. The van der Waals surface area contributed by atoms with Crippen LogP contribution in [0.2, 0.25) is 5.02 Å². The SMILES string of the molecule is Cc1cc(C)n(CC2CCN(Cc3ccc(Cl)cc3)CC2)n1. The molecular formula is C18H24ClN3. The molecule has 1 aliphatic heterocycles. The Labute approximate surface area is 137 Å². The first kappa shape index (κ1) is 15.6. The predicted octanol–water partition coefficient (Wildman–Crippen LogP) is 4.07. The van der Waals surface area contributed by atoms with Gasteiger partial charge in [0.05, 0.1) is 5.69 Å². The smallest absolute Gasteiger partial charge is 0.0596 e. The van der Waals surface area contributed by atoms with Gasteiger partial charge in [0.25, 0.3) is 0 Å². The maximum absolute atomic E-state index is 5.94. The van der Waals surface area contributed by atoms with Gasteiger partial charge in [0, 0.05) is 23.8 Å². The van der Waals surface area contributed by atoms with Crippen LogP contribution in [-0.2, 0) is 13.1 Å². The van der Waals surface area contributed by atoms with Crippen LogP contribution in [0.1, 0.15) is 29.8 Å². The van der Waals surface area contributed by atoms with Gasteiger partial charge in [0.1, 0.15) is 0 Å². The van der Waals surface area contributed by atoms with Crippen molar-refractivity contribution >= 4 is 11.6 Å². The Balaban J connectivity index is 1.50. The van der Waals surface area contributed by atoms with Crippen LogP contribution in [0, 0.1) is 19.8 Å². The molecule has 1 aromatic carbocycles. The van der Waals surface area contributed by atoms with Crippen molar-refractivity contribution in [3.63, 3.8) is 0 Å². The number of halogens is 1. The van der Waals surface area contributed by atoms with Crippen LogP contribution in [0.15, 0.2) is 30.3 Å². The number of nitrogens with zero attached hydrogens (tertiary/aromatic N) is 3. The van der Waals surface area contributed by atoms with Crippen molar-refractivity contribution in [1.82, 2.24) is 14.7 Å². The van der Waals surface area contributed by atoms with E-state index in [-0.39, 0.29) is 0 Å². The number of aromatic nitrogens is 2. The predicted molar refractivity (Wildman–Crippen MR) is 91.2 cm³/mol. The normalized spacial score (nSPS) is 17.0. The minimum absolute atomic E-state index is 0.750. The third-order valence-corrected chi connectivity index (χ3v) is 4.81. The molecule has 118 valence electrons. The van der Waals surface area contributed by atoms with Crippen LogP contribution in [0.3, 0.4) is 0 Å².